The molecule has 2 aromatic rings. The van der Waals surface area contributed by atoms with E-state index >= 15 is 0 Å². The number of imide groups is 1. The first kappa shape index (κ1) is 18.0. The van der Waals surface area contributed by atoms with Crippen molar-refractivity contribution in [2.75, 3.05) is 25.1 Å². The molecule has 3 amide bonds. The van der Waals surface area contributed by atoms with Gasteiger partial charge in [-0.05, 0) is 31.2 Å². The van der Waals surface area contributed by atoms with Gasteiger partial charge in [0.25, 0.3) is 11.8 Å². The van der Waals surface area contributed by atoms with Crippen LogP contribution in [0.15, 0.2) is 36.4 Å². The number of fused-ring (bicyclic) bond motifs is 2. The van der Waals surface area contributed by atoms with Gasteiger partial charge in [0.15, 0.2) is 11.5 Å². The Bertz CT molecular complexity index is 969. The fourth-order valence-electron chi connectivity index (χ4n) is 3.29. The van der Waals surface area contributed by atoms with Gasteiger partial charge in [0, 0.05) is 31.1 Å². The number of anilines is 1. The lowest BCUT2D eigenvalue weighted by Gasteiger charge is -2.14. The Hall–Kier alpha value is -3.35. The van der Waals surface area contributed by atoms with Crippen molar-refractivity contribution in [2.45, 2.75) is 19.8 Å². The number of aryl methyl sites for hydroxylation is 1. The van der Waals surface area contributed by atoms with E-state index in [1.54, 1.807) is 36.4 Å². The van der Waals surface area contributed by atoms with Crippen molar-refractivity contribution in [3.8, 4) is 11.5 Å². The summed E-state index contributed by atoms with van der Waals surface area (Å²) in [7, 11) is 0. The predicted molar refractivity (Wildman–Crippen MR) is 102 cm³/mol. The van der Waals surface area contributed by atoms with Gasteiger partial charge >= 0.3 is 0 Å². The number of nitrogens with zero attached hydrogens (tertiary/aromatic N) is 1. The summed E-state index contributed by atoms with van der Waals surface area (Å²) in [5.74, 6) is 0.237. The summed E-state index contributed by atoms with van der Waals surface area (Å²) >= 11 is 0. The van der Waals surface area contributed by atoms with Crippen molar-refractivity contribution in [1.82, 2.24) is 4.90 Å². The van der Waals surface area contributed by atoms with Crippen molar-refractivity contribution in [1.29, 1.82) is 0 Å². The van der Waals surface area contributed by atoms with Crippen molar-refractivity contribution in [2.24, 2.45) is 0 Å². The fraction of sp³-hybridized carbons (Fsp3) is 0.286. The lowest BCUT2D eigenvalue weighted by atomic mass is 10.1. The molecule has 1 N–H and O–H groups in total. The highest BCUT2D eigenvalue weighted by Crippen LogP contribution is 2.32. The summed E-state index contributed by atoms with van der Waals surface area (Å²) in [6.07, 6.45) is 0.815. The number of amides is 3. The monoisotopic (exact) mass is 380 g/mol. The minimum Gasteiger partial charge on any atom is -0.490 e. The van der Waals surface area contributed by atoms with Gasteiger partial charge in [-0.2, -0.15) is 0 Å². The third kappa shape index (κ3) is 3.43. The molecule has 4 rings (SSSR count). The molecule has 0 unspecified atom stereocenters. The van der Waals surface area contributed by atoms with E-state index in [1.807, 2.05) is 6.92 Å². The summed E-state index contributed by atoms with van der Waals surface area (Å²) in [5, 5.41) is 2.77. The highest BCUT2D eigenvalue weighted by atomic mass is 16.5. The standard InChI is InChI=1S/C21H20N2O5/c1-13-3-5-15-16(11-13)21(26)23(20(15)25)8-7-19(24)22-14-4-6-17-18(12-14)28-10-2-9-27-17/h3-6,11-12H,2,7-10H2,1H3,(H,22,24). The number of nitrogens with one attached hydrogen (secondary N) is 1. The molecule has 0 radical (unpaired) electrons. The molecular formula is C21H20N2O5. The van der Waals surface area contributed by atoms with Crippen LogP contribution in [0.25, 0.3) is 0 Å². The maximum atomic E-state index is 12.5. The maximum absolute atomic E-state index is 12.5. The van der Waals surface area contributed by atoms with Gasteiger partial charge in [-0.15, -0.1) is 0 Å². The zero-order chi connectivity index (χ0) is 19.7. The van der Waals surface area contributed by atoms with Crippen LogP contribution >= 0.6 is 0 Å². The van der Waals surface area contributed by atoms with Gasteiger partial charge in [-0.3, -0.25) is 19.3 Å². The second-order valence-corrected chi connectivity index (χ2v) is 6.82. The lowest BCUT2D eigenvalue weighted by molar-refractivity contribution is -0.116. The van der Waals surface area contributed by atoms with Crippen LogP contribution in [-0.4, -0.2) is 42.4 Å². The van der Waals surface area contributed by atoms with Crippen LogP contribution in [0.4, 0.5) is 5.69 Å². The second kappa shape index (κ2) is 7.34. The number of rotatable bonds is 4. The number of benzene rings is 2. The third-order valence-electron chi connectivity index (χ3n) is 4.72. The molecule has 2 aromatic carbocycles. The Balaban J connectivity index is 1.38. The van der Waals surface area contributed by atoms with Crippen LogP contribution in [0, 0.1) is 6.92 Å². The van der Waals surface area contributed by atoms with Crippen LogP contribution < -0.4 is 14.8 Å². The first-order chi connectivity index (χ1) is 13.5. The van der Waals surface area contributed by atoms with E-state index in [9.17, 15) is 14.4 Å². The normalized spacial score (nSPS) is 15.2. The first-order valence-electron chi connectivity index (χ1n) is 9.19. The van der Waals surface area contributed by atoms with Crippen LogP contribution in [0.3, 0.4) is 0 Å². The quantitative estimate of drug-likeness (QED) is 0.825. The molecule has 7 nitrogen and oxygen atoms in total. The molecule has 2 aliphatic rings. The Morgan fingerprint density at radius 3 is 2.57 bits per heavy atom. The molecule has 0 saturated carbocycles. The highest BCUT2D eigenvalue weighted by Gasteiger charge is 2.35. The molecule has 7 heteroatoms. The highest BCUT2D eigenvalue weighted by molar-refractivity contribution is 6.21. The van der Waals surface area contributed by atoms with Gasteiger partial charge in [0.05, 0.1) is 24.3 Å². The van der Waals surface area contributed by atoms with E-state index in [0.717, 1.165) is 16.9 Å². The van der Waals surface area contributed by atoms with Crippen LogP contribution in [0.2, 0.25) is 0 Å². The minimum absolute atomic E-state index is 0.0128. The van der Waals surface area contributed by atoms with Gasteiger partial charge < -0.3 is 14.8 Å². The van der Waals surface area contributed by atoms with Crippen molar-refractivity contribution < 1.29 is 23.9 Å². The summed E-state index contributed by atoms with van der Waals surface area (Å²) in [6.45, 7) is 3.05. The molecule has 0 bridgehead atoms. The number of carbonyl (C=O) groups excluding carboxylic acids is 3. The Morgan fingerprint density at radius 2 is 1.75 bits per heavy atom. The van der Waals surface area contributed by atoms with E-state index in [1.165, 1.54) is 0 Å². The molecule has 2 aliphatic heterocycles. The molecular weight excluding hydrogens is 360 g/mol. The van der Waals surface area contributed by atoms with E-state index in [-0.39, 0.29) is 30.7 Å². The fourth-order valence-corrected chi connectivity index (χ4v) is 3.29. The summed E-state index contributed by atoms with van der Waals surface area (Å²) in [5.41, 5.74) is 2.27. The topological polar surface area (TPSA) is 84.9 Å². The van der Waals surface area contributed by atoms with Crippen LogP contribution in [0.1, 0.15) is 39.1 Å². The lowest BCUT2D eigenvalue weighted by Crippen LogP contribution is -2.32. The first-order valence-corrected chi connectivity index (χ1v) is 9.19. The van der Waals surface area contributed by atoms with Gasteiger partial charge in [0.1, 0.15) is 0 Å². The molecule has 0 aromatic heterocycles. The van der Waals surface area contributed by atoms with E-state index in [4.69, 9.17) is 9.47 Å². The van der Waals surface area contributed by atoms with Gasteiger partial charge in [-0.25, -0.2) is 0 Å². The Kier molecular flexibility index (Phi) is 4.73. The number of hydrogen-bond donors (Lipinski definition) is 1. The third-order valence-corrected chi connectivity index (χ3v) is 4.72. The Morgan fingerprint density at radius 1 is 1.00 bits per heavy atom. The summed E-state index contributed by atoms with van der Waals surface area (Å²) < 4.78 is 11.2. The predicted octanol–water partition coefficient (Wildman–Crippen LogP) is 2.78. The van der Waals surface area contributed by atoms with Crippen molar-refractivity contribution in [3.63, 3.8) is 0 Å². The number of carbonyl (C=O) groups is 3. The van der Waals surface area contributed by atoms with E-state index in [0.29, 0.717) is 41.5 Å². The molecule has 0 aliphatic carbocycles. The summed E-state index contributed by atoms with van der Waals surface area (Å²) in [4.78, 5) is 38.3. The van der Waals surface area contributed by atoms with E-state index < -0.39 is 0 Å². The van der Waals surface area contributed by atoms with E-state index in [2.05, 4.69) is 5.32 Å². The molecule has 2 heterocycles. The maximum Gasteiger partial charge on any atom is 0.261 e. The molecule has 0 saturated heterocycles. The van der Waals surface area contributed by atoms with Gasteiger partial charge in [0.2, 0.25) is 5.91 Å². The summed E-state index contributed by atoms with van der Waals surface area (Å²) in [6, 6.07) is 10.3. The van der Waals surface area contributed by atoms with Gasteiger partial charge in [-0.1, -0.05) is 11.6 Å². The second-order valence-electron chi connectivity index (χ2n) is 6.82. The molecule has 28 heavy (non-hydrogen) atoms. The molecule has 0 atom stereocenters. The molecule has 0 fully saturated rings. The van der Waals surface area contributed by atoms with Crippen molar-refractivity contribution in [3.05, 3.63) is 53.1 Å². The van der Waals surface area contributed by atoms with Crippen molar-refractivity contribution >= 4 is 23.4 Å². The zero-order valence-corrected chi connectivity index (χ0v) is 15.5. The SMILES string of the molecule is Cc1ccc2c(c1)C(=O)N(CCC(=O)Nc1ccc3c(c1)OCCCO3)C2=O. The smallest absolute Gasteiger partial charge is 0.261 e. The van der Waals surface area contributed by atoms with Crippen LogP contribution in [0.5, 0.6) is 11.5 Å². The zero-order valence-electron chi connectivity index (χ0n) is 15.5. The largest absolute Gasteiger partial charge is 0.490 e. The average Bonchev–Trinajstić information content (AvgIpc) is 2.83. The average molecular weight is 380 g/mol. The number of hydrogen-bond acceptors (Lipinski definition) is 5. The Labute approximate surface area is 162 Å². The molecule has 0 spiro atoms. The minimum atomic E-state index is -0.358. The molecule has 144 valence electrons. The number of ether oxygens (including phenoxy) is 2. The van der Waals surface area contributed by atoms with Crippen LogP contribution in [-0.2, 0) is 4.79 Å².